The molecule has 1 aliphatic heterocycles. The summed E-state index contributed by atoms with van der Waals surface area (Å²) in [6.45, 7) is 7.81. The van der Waals surface area contributed by atoms with Gasteiger partial charge in [-0.3, -0.25) is 19.5 Å². The van der Waals surface area contributed by atoms with Crippen LogP contribution in [0.3, 0.4) is 0 Å². The molecule has 164 valence electrons. The average Bonchev–Trinajstić information content (AvgIpc) is 2.64. The maximum atomic E-state index is 12.9. The van der Waals surface area contributed by atoms with Gasteiger partial charge in [-0.25, -0.2) is 0 Å². The molecule has 0 unspecified atom stereocenters. The summed E-state index contributed by atoms with van der Waals surface area (Å²) >= 11 is 0. The molecule has 0 aromatic carbocycles. The highest BCUT2D eigenvalue weighted by Gasteiger charge is 2.33. The molecule has 0 aliphatic carbocycles. The van der Waals surface area contributed by atoms with Crippen molar-refractivity contribution in [3.8, 4) is 0 Å². The molecule has 9 nitrogen and oxygen atoms in total. The Morgan fingerprint density at radius 2 is 1.89 bits per heavy atom. The lowest BCUT2D eigenvalue weighted by Gasteiger charge is -2.28. The van der Waals surface area contributed by atoms with Gasteiger partial charge in [-0.05, 0) is 57.5 Å². The molecule has 0 spiro atoms. The smallest absolute Gasteiger partial charge is 0.342 e. The molecule has 6 N–H and O–H groups in total. The molecule has 0 saturated carbocycles. The van der Waals surface area contributed by atoms with Crippen LogP contribution in [-0.2, 0) is 14.2 Å². The van der Waals surface area contributed by atoms with E-state index in [1.54, 1.807) is 6.92 Å². The van der Waals surface area contributed by atoms with Crippen molar-refractivity contribution in [3.63, 3.8) is 0 Å². The first-order chi connectivity index (χ1) is 13.1. The summed E-state index contributed by atoms with van der Waals surface area (Å²) in [7, 11) is -4.37. The lowest BCUT2D eigenvalue weighted by atomic mass is 10.0. The van der Waals surface area contributed by atoms with E-state index in [4.69, 9.17) is 0 Å². The van der Waals surface area contributed by atoms with E-state index in [0.717, 1.165) is 32.4 Å². The third-order valence-corrected chi connectivity index (χ3v) is 6.10. The van der Waals surface area contributed by atoms with E-state index in [1.807, 2.05) is 13.8 Å². The van der Waals surface area contributed by atoms with Gasteiger partial charge >= 0.3 is 7.60 Å². The Balaban J connectivity index is 2.84. The van der Waals surface area contributed by atoms with Gasteiger partial charge in [0.05, 0.1) is 6.04 Å². The van der Waals surface area contributed by atoms with Gasteiger partial charge in [-0.15, -0.1) is 0 Å². The molecule has 0 aromatic heterocycles. The average molecular weight is 420 g/mol. The first-order valence-electron chi connectivity index (χ1n) is 10.2. The summed E-state index contributed by atoms with van der Waals surface area (Å²) in [5, 5.41) is 11.8. The van der Waals surface area contributed by atoms with Gasteiger partial charge in [-0.1, -0.05) is 20.8 Å². The number of hydrogen-bond acceptors (Lipinski definition) is 5. The Labute approximate surface area is 168 Å². The zero-order chi connectivity index (χ0) is 21.2. The van der Waals surface area contributed by atoms with E-state index in [0.29, 0.717) is 19.4 Å². The molecule has 0 aromatic rings. The number of amides is 2. The van der Waals surface area contributed by atoms with Crippen LogP contribution in [0.15, 0.2) is 0 Å². The Hall–Kier alpha value is -0.990. The van der Waals surface area contributed by atoms with Crippen molar-refractivity contribution >= 4 is 19.4 Å². The number of nitrogens with one attached hydrogen (secondary N) is 4. The predicted octanol–water partition coefficient (Wildman–Crippen LogP) is 0.669. The fourth-order valence-corrected chi connectivity index (χ4v) is 4.07. The van der Waals surface area contributed by atoms with E-state index in [-0.39, 0.29) is 18.2 Å². The van der Waals surface area contributed by atoms with E-state index < -0.39 is 31.4 Å². The summed E-state index contributed by atoms with van der Waals surface area (Å²) in [5.74, 6) is -1.55. The standard InChI is InChI=1S/C18H37N4O5P/c1-4-16(28(25,26)27)21-15(12-13(2)3)18(24)22-14-8-5-6-9-19-10-7-11-20-17(14)23/h13-16,19,21H,4-12H2,1-3H3,(H,20,23)(H,22,24)(H2,25,26,27)/t14-,15-,16+/m0/s1. The number of rotatable bonds is 8. The second-order valence-corrected chi connectivity index (χ2v) is 9.62. The normalized spacial score (nSPS) is 22.1. The Kier molecular flexibility index (Phi) is 11.2. The first kappa shape index (κ1) is 25.0. The summed E-state index contributed by atoms with van der Waals surface area (Å²) in [6, 6.07) is -1.41. The maximum Gasteiger partial charge on any atom is 0.342 e. The van der Waals surface area contributed by atoms with Crippen LogP contribution in [0.4, 0.5) is 0 Å². The van der Waals surface area contributed by atoms with Gasteiger partial charge in [0, 0.05) is 6.54 Å². The topological polar surface area (TPSA) is 140 Å². The summed E-state index contributed by atoms with van der Waals surface area (Å²) in [6.07, 6.45) is 3.69. The van der Waals surface area contributed by atoms with Crippen LogP contribution >= 0.6 is 7.60 Å². The van der Waals surface area contributed by atoms with Gasteiger partial charge in [0.2, 0.25) is 11.8 Å². The van der Waals surface area contributed by atoms with Crippen molar-refractivity contribution in [2.45, 2.75) is 77.2 Å². The molecule has 1 saturated heterocycles. The minimum atomic E-state index is -4.37. The van der Waals surface area contributed by atoms with E-state index in [9.17, 15) is 23.9 Å². The van der Waals surface area contributed by atoms with Crippen molar-refractivity contribution in [2.75, 3.05) is 19.6 Å². The SMILES string of the molecule is CC[C@H](N[C@@H](CC(C)C)C(=O)N[C@H]1CCCCNCCCNC1=O)P(=O)(O)O. The number of carbonyl (C=O) groups excluding carboxylic acids is 2. The Bertz CT molecular complexity index is 540. The highest BCUT2D eigenvalue weighted by Crippen LogP contribution is 2.41. The molecule has 1 rings (SSSR count). The minimum Gasteiger partial charge on any atom is -0.354 e. The van der Waals surface area contributed by atoms with Gasteiger partial charge in [-0.2, -0.15) is 0 Å². The Morgan fingerprint density at radius 1 is 1.21 bits per heavy atom. The Morgan fingerprint density at radius 3 is 2.50 bits per heavy atom. The number of hydrogen-bond donors (Lipinski definition) is 6. The molecular weight excluding hydrogens is 383 g/mol. The molecule has 2 amide bonds. The maximum absolute atomic E-state index is 12.9. The second kappa shape index (κ2) is 12.5. The molecule has 1 fully saturated rings. The van der Waals surface area contributed by atoms with Crippen molar-refractivity contribution in [1.82, 2.24) is 21.3 Å². The third kappa shape index (κ3) is 9.47. The summed E-state index contributed by atoms with van der Waals surface area (Å²) in [5.41, 5.74) is 0. The third-order valence-electron chi connectivity index (χ3n) is 4.77. The highest BCUT2D eigenvalue weighted by atomic mass is 31.2. The molecule has 1 heterocycles. The van der Waals surface area contributed by atoms with Crippen molar-refractivity contribution < 1.29 is 23.9 Å². The number of carbonyl (C=O) groups is 2. The van der Waals surface area contributed by atoms with Gasteiger partial charge in [0.25, 0.3) is 0 Å². The van der Waals surface area contributed by atoms with E-state index in [1.165, 1.54) is 0 Å². The zero-order valence-electron chi connectivity index (χ0n) is 17.2. The fraction of sp³-hybridized carbons (Fsp3) is 0.889. The van der Waals surface area contributed by atoms with Crippen molar-refractivity contribution in [3.05, 3.63) is 0 Å². The molecule has 0 radical (unpaired) electrons. The largest absolute Gasteiger partial charge is 0.354 e. The lowest BCUT2D eigenvalue weighted by molar-refractivity contribution is -0.130. The minimum absolute atomic E-state index is 0.144. The second-order valence-electron chi connectivity index (χ2n) is 7.81. The molecule has 0 bridgehead atoms. The van der Waals surface area contributed by atoms with Crippen LogP contribution in [0, 0.1) is 5.92 Å². The van der Waals surface area contributed by atoms with Gasteiger partial charge in [0.15, 0.2) is 0 Å². The predicted molar refractivity (Wildman–Crippen MR) is 109 cm³/mol. The van der Waals surface area contributed by atoms with Crippen LogP contribution in [-0.4, -0.2) is 59.1 Å². The van der Waals surface area contributed by atoms with E-state index >= 15 is 0 Å². The molecule has 3 atom stereocenters. The van der Waals surface area contributed by atoms with Crippen LogP contribution < -0.4 is 21.3 Å². The quantitative estimate of drug-likeness (QED) is 0.317. The lowest BCUT2D eigenvalue weighted by Crippen LogP contribution is -2.54. The van der Waals surface area contributed by atoms with Crippen LogP contribution in [0.25, 0.3) is 0 Å². The van der Waals surface area contributed by atoms with Gasteiger partial charge in [0.1, 0.15) is 11.8 Å². The summed E-state index contributed by atoms with van der Waals surface area (Å²) < 4.78 is 11.7. The van der Waals surface area contributed by atoms with Crippen molar-refractivity contribution in [2.24, 2.45) is 5.92 Å². The van der Waals surface area contributed by atoms with Crippen LogP contribution in [0.1, 0.15) is 59.3 Å². The molecular formula is C18H37N4O5P. The van der Waals surface area contributed by atoms with Crippen LogP contribution in [0.5, 0.6) is 0 Å². The molecule has 10 heteroatoms. The van der Waals surface area contributed by atoms with Crippen molar-refractivity contribution in [1.29, 1.82) is 0 Å². The van der Waals surface area contributed by atoms with Gasteiger partial charge < -0.3 is 25.7 Å². The molecule has 28 heavy (non-hydrogen) atoms. The zero-order valence-corrected chi connectivity index (χ0v) is 18.1. The first-order valence-corrected chi connectivity index (χ1v) is 11.9. The summed E-state index contributed by atoms with van der Waals surface area (Å²) in [4.78, 5) is 44.4. The molecule has 1 aliphatic rings. The highest BCUT2D eigenvalue weighted by molar-refractivity contribution is 7.52. The van der Waals surface area contributed by atoms with Crippen LogP contribution in [0.2, 0.25) is 0 Å². The monoisotopic (exact) mass is 420 g/mol. The van der Waals surface area contributed by atoms with E-state index in [2.05, 4.69) is 21.3 Å². The fourth-order valence-electron chi connectivity index (χ4n) is 3.22.